The number of pyridine rings is 1. The van der Waals surface area contributed by atoms with Gasteiger partial charge in [0.05, 0.1) is 18.7 Å². The number of ether oxygens (including phenoxy) is 2. The highest BCUT2D eigenvalue weighted by Crippen LogP contribution is 2.50. The van der Waals surface area contributed by atoms with Crippen molar-refractivity contribution in [3.8, 4) is 5.75 Å². The molecule has 1 saturated heterocycles. The molecule has 1 amide bonds. The molecule has 1 aromatic heterocycles. The summed E-state index contributed by atoms with van der Waals surface area (Å²) in [6, 6.07) is 11.5. The molecular formula is C27H36N2O9P+. The van der Waals surface area contributed by atoms with Crippen LogP contribution in [-0.4, -0.2) is 59.3 Å². The van der Waals surface area contributed by atoms with E-state index in [0.717, 1.165) is 32.1 Å². The van der Waals surface area contributed by atoms with Crippen molar-refractivity contribution in [1.82, 2.24) is 0 Å². The molecule has 2 fully saturated rings. The summed E-state index contributed by atoms with van der Waals surface area (Å²) < 4.78 is 38.3. The zero-order valence-corrected chi connectivity index (χ0v) is 22.7. The topological polar surface area (TPSA) is 158 Å². The minimum Gasteiger partial charge on any atom is -0.462 e. The highest BCUT2D eigenvalue weighted by atomic mass is 31.2. The molecule has 1 aliphatic carbocycles. The molecular weight excluding hydrogens is 527 g/mol. The van der Waals surface area contributed by atoms with E-state index in [4.69, 9.17) is 24.3 Å². The van der Waals surface area contributed by atoms with Crippen molar-refractivity contribution in [2.24, 2.45) is 11.7 Å². The Morgan fingerprint density at radius 3 is 2.51 bits per heavy atom. The number of hydrogen-bond acceptors (Lipinski definition) is 9. The van der Waals surface area contributed by atoms with Crippen molar-refractivity contribution in [2.75, 3.05) is 12.8 Å². The SMILES string of the molecule is C[C@H](CP(=O)(OC[C@H]1O[C@@H]([n+]2cccc(C(N)=O)c2)C(O)[C@H]1O)Oc1ccccc1)C(=O)OC1CCCCC1. The third-order valence-corrected chi connectivity index (χ3v) is 8.92. The van der Waals surface area contributed by atoms with Crippen molar-refractivity contribution in [1.29, 1.82) is 0 Å². The summed E-state index contributed by atoms with van der Waals surface area (Å²) in [4.78, 5) is 24.3. The monoisotopic (exact) mass is 563 g/mol. The van der Waals surface area contributed by atoms with E-state index >= 15 is 0 Å². The Morgan fingerprint density at radius 1 is 1.10 bits per heavy atom. The van der Waals surface area contributed by atoms with Crippen LogP contribution in [0.25, 0.3) is 0 Å². The van der Waals surface area contributed by atoms with Crippen molar-refractivity contribution < 1.29 is 47.5 Å². The van der Waals surface area contributed by atoms with Crippen LogP contribution in [0.1, 0.15) is 55.6 Å². The standard InChI is InChI=1S/C27H35N2O9P/c1-18(27(33)36-20-10-4-2-5-11-20)17-39(34,38-21-12-6-3-7-13-21)35-16-22-23(30)24(31)26(37-22)29-14-8-9-19(15-29)25(28)32/h3,6-9,12-15,18,20,22-24,26,30-31H,2,4-5,10-11,16-17H2,1H3,(H-,28,32)/p+1/t18-,22-,23+,24?,26-,39?/m1/s1. The molecule has 4 N–H and O–H groups in total. The summed E-state index contributed by atoms with van der Waals surface area (Å²) in [6.45, 7) is 1.22. The second-order valence-electron chi connectivity index (χ2n) is 10.0. The first-order chi connectivity index (χ1) is 18.6. The van der Waals surface area contributed by atoms with E-state index < -0.39 is 49.9 Å². The van der Waals surface area contributed by atoms with Crippen LogP contribution in [-0.2, 0) is 23.4 Å². The number of aliphatic hydroxyl groups is 2. The highest BCUT2D eigenvalue weighted by Gasteiger charge is 2.49. The van der Waals surface area contributed by atoms with Crippen molar-refractivity contribution in [3.05, 3.63) is 60.4 Å². The Hall–Kier alpha value is -2.82. The summed E-state index contributed by atoms with van der Waals surface area (Å²) in [5.74, 6) is -1.62. The molecule has 4 rings (SSSR count). The van der Waals surface area contributed by atoms with Gasteiger partial charge in [-0.05, 0) is 43.9 Å². The molecule has 1 aliphatic heterocycles. The molecule has 11 nitrogen and oxygen atoms in total. The number of primary amides is 1. The molecule has 0 spiro atoms. The van der Waals surface area contributed by atoms with Gasteiger partial charge in [0.1, 0.15) is 29.6 Å². The molecule has 6 atom stereocenters. The second kappa shape index (κ2) is 13.0. The number of carbonyl (C=O) groups excluding carboxylic acids is 2. The smallest absolute Gasteiger partial charge is 0.380 e. The Balaban J connectivity index is 1.44. The normalized spacial score (nSPS) is 25.9. The Labute approximate surface area is 227 Å². The van der Waals surface area contributed by atoms with Gasteiger partial charge in [-0.2, -0.15) is 4.57 Å². The maximum Gasteiger partial charge on any atom is 0.380 e. The molecule has 2 unspecified atom stereocenters. The molecule has 1 aromatic carbocycles. The van der Waals surface area contributed by atoms with E-state index in [1.165, 1.54) is 16.8 Å². The number of carbonyl (C=O) groups is 2. The maximum absolute atomic E-state index is 13.9. The molecule has 2 heterocycles. The van der Waals surface area contributed by atoms with E-state index in [2.05, 4.69) is 0 Å². The van der Waals surface area contributed by atoms with Crippen LogP contribution in [0.5, 0.6) is 5.75 Å². The fraction of sp³-hybridized carbons (Fsp3) is 0.519. The minimum absolute atomic E-state index is 0.143. The number of esters is 1. The zero-order valence-electron chi connectivity index (χ0n) is 21.8. The van der Waals surface area contributed by atoms with Gasteiger partial charge in [0.2, 0.25) is 0 Å². The number of aliphatic hydroxyl groups excluding tert-OH is 2. The lowest BCUT2D eigenvalue weighted by Crippen LogP contribution is -2.46. The van der Waals surface area contributed by atoms with Crippen LogP contribution in [0, 0.1) is 5.92 Å². The summed E-state index contributed by atoms with van der Waals surface area (Å²) >= 11 is 0. The van der Waals surface area contributed by atoms with Gasteiger partial charge < -0.3 is 29.9 Å². The van der Waals surface area contributed by atoms with Crippen LogP contribution in [0.4, 0.5) is 0 Å². The first kappa shape index (κ1) is 29.2. The van der Waals surface area contributed by atoms with Crippen LogP contribution in [0.2, 0.25) is 0 Å². The van der Waals surface area contributed by atoms with Crippen molar-refractivity contribution in [3.63, 3.8) is 0 Å². The predicted molar refractivity (Wildman–Crippen MR) is 139 cm³/mol. The van der Waals surface area contributed by atoms with Gasteiger partial charge >= 0.3 is 13.6 Å². The van der Waals surface area contributed by atoms with E-state index in [0.29, 0.717) is 5.75 Å². The van der Waals surface area contributed by atoms with Crippen LogP contribution >= 0.6 is 7.60 Å². The number of nitrogens with two attached hydrogens (primary N) is 1. The number of nitrogens with zero attached hydrogens (tertiary/aromatic N) is 1. The molecule has 2 aliphatic rings. The third-order valence-electron chi connectivity index (χ3n) is 6.90. The fourth-order valence-corrected chi connectivity index (χ4v) is 6.60. The molecule has 39 heavy (non-hydrogen) atoms. The van der Waals surface area contributed by atoms with Gasteiger partial charge in [-0.15, -0.1) is 0 Å². The summed E-state index contributed by atoms with van der Waals surface area (Å²) in [5.41, 5.74) is 5.53. The minimum atomic E-state index is -3.96. The molecule has 2 aromatic rings. The van der Waals surface area contributed by atoms with Gasteiger partial charge in [-0.25, -0.2) is 4.57 Å². The zero-order chi connectivity index (χ0) is 28.0. The van der Waals surface area contributed by atoms with Gasteiger partial charge in [0.15, 0.2) is 18.5 Å². The van der Waals surface area contributed by atoms with Crippen LogP contribution < -0.4 is 14.8 Å². The largest absolute Gasteiger partial charge is 0.462 e. The number of benzene rings is 1. The molecule has 1 saturated carbocycles. The summed E-state index contributed by atoms with van der Waals surface area (Å²) in [6.07, 6.45) is 2.43. The van der Waals surface area contributed by atoms with Gasteiger partial charge in [0, 0.05) is 6.07 Å². The quantitative estimate of drug-likeness (QED) is 0.212. The van der Waals surface area contributed by atoms with Crippen molar-refractivity contribution in [2.45, 2.75) is 69.7 Å². The first-order valence-electron chi connectivity index (χ1n) is 13.2. The van der Waals surface area contributed by atoms with E-state index in [-0.39, 0.29) is 24.4 Å². The van der Waals surface area contributed by atoms with E-state index in [1.807, 2.05) is 0 Å². The van der Waals surface area contributed by atoms with Crippen LogP contribution in [0.3, 0.4) is 0 Å². The van der Waals surface area contributed by atoms with Gasteiger partial charge in [0.25, 0.3) is 12.1 Å². The summed E-state index contributed by atoms with van der Waals surface area (Å²) in [7, 11) is -3.96. The Bertz CT molecular complexity index is 1170. The number of aromatic nitrogens is 1. The Kier molecular flexibility index (Phi) is 9.74. The lowest BCUT2D eigenvalue weighted by molar-refractivity contribution is -0.765. The molecule has 12 heteroatoms. The Morgan fingerprint density at radius 2 is 1.82 bits per heavy atom. The second-order valence-corrected chi connectivity index (χ2v) is 12.1. The fourth-order valence-electron chi connectivity index (χ4n) is 4.73. The highest BCUT2D eigenvalue weighted by molar-refractivity contribution is 7.54. The van der Waals surface area contributed by atoms with Gasteiger partial charge in [-0.1, -0.05) is 31.5 Å². The van der Waals surface area contributed by atoms with E-state index in [1.54, 1.807) is 49.5 Å². The van der Waals surface area contributed by atoms with Crippen molar-refractivity contribution >= 4 is 19.5 Å². The average Bonchev–Trinajstić information content (AvgIpc) is 3.22. The molecule has 0 bridgehead atoms. The van der Waals surface area contributed by atoms with Gasteiger partial charge in [-0.3, -0.25) is 14.1 Å². The first-order valence-corrected chi connectivity index (χ1v) is 14.9. The summed E-state index contributed by atoms with van der Waals surface area (Å²) in [5, 5.41) is 21.3. The number of para-hydroxylation sites is 1. The maximum atomic E-state index is 13.9. The molecule has 212 valence electrons. The lowest BCUT2D eigenvalue weighted by Gasteiger charge is -2.26. The predicted octanol–water partition coefficient (Wildman–Crippen LogP) is 2.49. The third kappa shape index (κ3) is 7.64. The number of hydrogen-bond donors (Lipinski definition) is 3. The lowest BCUT2D eigenvalue weighted by atomic mass is 9.98. The number of amides is 1. The average molecular weight is 564 g/mol. The number of rotatable bonds is 11. The molecule has 0 radical (unpaired) electrons. The van der Waals surface area contributed by atoms with E-state index in [9.17, 15) is 24.4 Å². The van der Waals surface area contributed by atoms with Crippen LogP contribution in [0.15, 0.2) is 54.9 Å².